The van der Waals surface area contributed by atoms with E-state index in [0.29, 0.717) is 24.9 Å². The van der Waals surface area contributed by atoms with E-state index in [-0.39, 0.29) is 12.5 Å². The Morgan fingerprint density at radius 1 is 1.45 bits per heavy atom. The van der Waals surface area contributed by atoms with Gasteiger partial charge in [0.1, 0.15) is 0 Å². The minimum Gasteiger partial charge on any atom is -0.481 e. The predicted octanol–water partition coefficient (Wildman–Crippen LogP) is 3.32. The van der Waals surface area contributed by atoms with Crippen molar-refractivity contribution in [3.8, 4) is 0 Å². The summed E-state index contributed by atoms with van der Waals surface area (Å²) < 4.78 is 38.1. The van der Waals surface area contributed by atoms with Crippen molar-refractivity contribution in [3.63, 3.8) is 0 Å². The van der Waals surface area contributed by atoms with Crippen molar-refractivity contribution in [2.75, 3.05) is 11.4 Å². The van der Waals surface area contributed by atoms with Crippen LogP contribution in [0.15, 0.2) is 18.2 Å². The summed E-state index contributed by atoms with van der Waals surface area (Å²) in [5.41, 5.74) is 0.791. The van der Waals surface area contributed by atoms with Crippen LogP contribution in [0.5, 0.6) is 0 Å². The molecule has 0 aromatic heterocycles. The highest BCUT2D eigenvalue weighted by atomic mass is 19.4. The van der Waals surface area contributed by atoms with Gasteiger partial charge in [0.25, 0.3) is 0 Å². The van der Waals surface area contributed by atoms with Crippen molar-refractivity contribution in [2.24, 2.45) is 0 Å². The van der Waals surface area contributed by atoms with Crippen LogP contribution in [0.1, 0.15) is 30.9 Å². The summed E-state index contributed by atoms with van der Waals surface area (Å²) in [7, 11) is 0. The van der Waals surface area contributed by atoms with Gasteiger partial charge in [-0.15, -0.1) is 0 Å². The quantitative estimate of drug-likeness (QED) is 0.923. The third kappa shape index (κ3) is 2.89. The lowest BCUT2D eigenvalue weighted by atomic mass is 10.0. The number of benzene rings is 1. The zero-order valence-electron chi connectivity index (χ0n) is 11.1. The third-order valence-corrected chi connectivity index (χ3v) is 3.64. The van der Waals surface area contributed by atoms with Crippen molar-refractivity contribution in [3.05, 3.63) is 29.3 Å². The smallest absolute Gasteiger partial charge is 0.416 e. The molecular formula is C14H16F3NO2. The molecule has 0 bridgehead atoms. The van der Waals surface area contributed by atoms with Gasteiger partial charge in [0.15, 0.2) is 0 Å². The largest absolute Gasteiger partial charge is 0.481 e. The molecule has 0 amide bonds. The van der Waals surface area contributed by atoms with E-state index in [9.17, 15) is 18.0 Å². The molecule has 20 heavy (non-hydrogen) atoms. The lowest BCUT2D eigenvalue weighted by Gasteiger charge is -2.25. The first-order valence-corrected chi connectivity index (χ1v) is 6.51. The molecule has 0 fully saturated rings. The van der Waals surface area contributed by atoms with Gasteiger partial charge in [-0.3, -0.25) is 4.79 Å². The summed E-state index contributed by atoms with van der Waals surface area (Å²) in [4.78, 5) is 12.6. The van der Waals surface area contributed by atoms with Crippen molar-refractivity contribution < 1.29 is 23.1 Å². The SMILES string of the molecule is CCN1c2ccc(C(F)(F)F)cc2CC1CCC(=O)O. The molecule has 1 heterocycles. The van der Waals surface area contributed by atoms with Gasteiger partial charge in [0.2, 0.25) is 0 Å². The van der Waals surface area contributed by atoms with Crippen LogP contribution in [0.25, 0.3) is 0 Å². The summed E-state index contributed by atoms with van der Waals surface area (Å²) in [6, 6.07) is 3.72. The number of likely N-dealkylation sites (N-methyl/N-ethyl adjacent to an activating group) is 1. The first-order chi connectivity index (χ1) is 9.32. The number of nitrogens with zero attached hydrogens (tertiary/aromatic N) is 1. The summed E-state index contributed by atoms with van der Waals surface area (Å²) in [5, 5.41) is 8.73. The minimum atomic E-state index is -4.34. The fraction of sp³-hybridized carbons (Fsp3) is 0.500. The van der Waals surface area contributed by atoms with Crippen LogP contribution in [-0.2, 0) is 17.4 Å². The lowest BCUT2D eigenvalue weighted by Crippen LogP contribution is -2.32. The van der Waals surface area contributed by atoms with E-state index in [1.165, 1.54) is 12.1 Å². The second kappa shape index (κ2) is 5.34. The molecule has 3 nitrogen and oxygen atoms in total. The maximum atomic E-state index is 12.7. The van der Waals surface area contributed by atoms with E-state index < -0.39 is 17.7 Å². The molecule has 0 spiro atoms. The first kappa shape index (κ1) is 14.7. The molecule has 1 atom stereocenters. The Kier molecular flexibility index (Phi) is 3.92. The highest BCUT2D eigenvalue weighted by Gasteiger charge is 2.34. The van der Waals surface area contributed by atoms with Gasteiger partial charge in [0, 0.05) is 24.7 Å². The number of alkyl halides is 3. The molecule has 110 valence electrons. The molecule has 0 saturated carbocycles. The Balaban J connectivity index is 2.23. The summed E-state index contributed by atoms with van der Waals surface area (Å²) in [6.07, 6.45) is -3.40. The average molecular weight is 287 g/mol. The topological polar surface area (TPSA) is 40.5 Å². The van der Waals surface area contributed by atoms with Crippen LogP contribution < -0.4 is 4.90 Å². The molecule has 0 aliphatic carbocycles. The Bertz CT molecular complexity index is 514. The van der Waals surface area contributed by atoms with Crippen LogP contribution in [0.4, 0.5) is 18.9 Å². The molecule has 1 N–H and O–H groups in total. The Morgan fingerprint density at radius 2 is 2.15 bits per heavy atom. The number of halogens is 3. The van der Waals surface area contributed by atoms with Crippen molar-refractivity contribution in [1.82, 2.24) is 0 Å². The maximum Gasteiger partial charge on any atom is 0.416 e. The zero-order valence-corrected chi connectivity index (χ0v) is 11.1. The summed E-state index contributed by atoms with van der Waals surface area (Å²) in [5.74, 6) is -0.881. The number of hydrogen-bond donors (Lipinski definition) is 1. The van der Waals surface area contributed by atoms with Crippen molar-refractivity contribution >= 4 is 11.7 Å². The Labute approximate surface area is 115 Å². The van der Waals surface area contributed by atoms with Crippen molar-refractivity contribution in [2.45, 2.75) is 38.4 Å². The van der Waals surface area contributed by atoms with Gasteiger partial charge in [-0.05, 0) is 43.5 Å². The lowest BCUT2D eigenvalue weighted by molar-refractivity contribution is -0.138. The fourth-order valence-corrected chi connectivity index (χ4v) is 2.74. The van der Waals surface area contributed by atoms with E-state index in [4.69, 9.17) is 5.11 Å². The number of anilines is 1. The number of hydrogen-bond acceptors (Lipinski definition) is 2. The number of carboxylic acids is 1. The van der Waals surface area contributed by atoms with Gasteiger partial charge >= 0.3 is 12.1 Å². The van der Waals surface area contributed by atoms with Crippen LogP contribution in [0.3, 0.4) is 0 Å². The molecule has 2 rings (SSSR count). The second-order valence-electron chi connectivity index (χ2n) is 4.92. The Morgan fingerprint density at radius 3 is 2.70 bits per heavy atom. The number of rotatable bonds is 4. The number of fused-ring (bicyclic) bond motifs is 1. The maximum absolute atomic E-state index is 12.7. The van der Waals surface area contributed by atoms with E-state index in [0.717, 1.165) is 11.8 Å². The second-order valence-corrected chi connectivity index (χ2v) is 4.92. The molecule has 1 unspecified atom stereocenters. The Hall–Kier alpha value is -1.72. The molecule has 1 aliphatic rings. The summed E-state index contributed by atoms with van der Waals surface area (Å²) >= 11 is 0. The standard InChI is InChI=1S/C14H16F3NO2/c1-2-18-11(4-6-13(19)20)8-9-7-10(14(15,16)17)3-5-12(9)18/h3,5,7,11H,2,4,6,8H2,1H3,(H,19,20). The number of carboxylic acid groups (broad SMARTS) is 1. The first-order valence-electron chi connectivity index (χ1n) is 6.51. The van der Waals surface area contributed by atoms with E-state index >= 15 is 0 Å². The van der Waals surface area contributed by atoms with Crippen molar-refractivity contribution in [1.29, 1.82) is 0 Å². The van der Waals surface area contributed by atoms with Crippen LogP contribution in [-0.4, -0.2) is 23.7 Å². The molecule has 6 heteroatoms. The highest BCUT2D eigenvalue weighted by Crippen LogP contribution is 2.38. The normalized spacial score (nSPS) is 18.2. The average Bonchev–Trinajstić information content (AvgIpc) is 2.71. The molecule has 1 aliphatic heterocycles. The summed E-state index contributed by atoms with van der Waals surface area (Å²) in [6.45, 7) is 2.57. The number of aliphatic carboxylic acids is 1. The van der Waals surface area contributed by atoms with Gasteiger partial charge in [-0.25, -0.2) is 0 Å². The van der Waals surface area contributed by atoms with E-state index in [2.05, 4.69) is 0 Å². The van der Waals surface area contributed by atoms with E-state index in [1.54, 1.807) is 0 Å². The van der Waals surface area contributed by atoms with Gasteiger partial charge in [-0.2, -0.15) is 13.2 Å². The molecule has 0 radical (unpaired) electrons. The minimum absolute atomic E-state index is 0.0291. The number of carbonyl (C=O) groups is 1. The molecule has 1 aromatic rings. The predicted molar refractivity (Wildman–Crippen MR) is 68.8 cm³/mol. The monoisotopic (exact) mass is 287 g/mol. The van der Waals surface area contributed by atoms with E-state index in [1.807, 2.05) is 11.8 Å². The molecule has 1 aromatic carbocycles. The third-order valence-electron chi connectivity index (χ3n) is 3.64. The van der Waals surface area contributed by atoms with Crippen LogP contribution in [0.2, 0.25) is 0 Å². The fourth-order valence-electron chi connectivity index (χ4n) is 2.74. The van der Waals surface area contributed by atoms with Crippen LogP contribution >= 0.6 is 0 Å². The van der Waals surface area contributed by atoms with Crippen LogP contribution in [0, 0.1) is 0 Å². The zero-order chi connectivity index (χ0) is 14.9. The van der Waals surface area contributed by atoms with Gasteiger partial charge in [0.05, 0.1) is 5.56 Å². The molecule has 0 saturated heterocycles. The van der Waals surface area contributed by atoms with Gasteiger partial charge in [-0.1, -0.05) is 0 Å². The molecular weight excluding hydrogens is 271 g/mol. The van der Waals surface area contributed by atoms with Gasteiger partial charge < -0.3 is 10.0 Å². The highest BCUT2D eigenvalue weighted by molar-refractivity contribution is 5.67.